The van der Waals surface area contributed by atoms with E-state index in [1.807, 2.05) is 0 Å². The first-order chi connectivity index (χ1) is 7.49. The van der Waals surface area contributed by atoms with Gasteiger partial charge in [0.25, 0.3) is 0 Å². The number of nitrogens with two attached hydrogens (primary N) is 1. The number of carbonyl (C=O) groups is 2. The van der Waals surface area contributed by atoms with E-state index < -0.39 is 11.9 Å². The Morgan fingerprint density at radius 3 is 2.81 bits per heavy atom. The second-order valence-electron chi connectivity index (χ2n) is 3.38. The van der Waals surface area contributed by atoms with Crippen molar-refractivity contribution in [1.82, 2.24) is 19.9 Å². The molecule has 0 aliphatic heterocycles. The highest BCUT2D eigenvalue weighted by Gasteiger charge is 2.08. The summed E-state index contributed by atoms with van der Waals surface area (Å²) < 4.78 is 1.40. The van der Waals surface area contributed by atoms with Crippen molar-refractivity contribution < 1.29 is 14.7 Å². The van der Waals surface area contributed by atoms with Crippen LogP contribution in [0.3, 0.4) is 0 Å². The third-order valence-corrected chi connectivity index (χ3v) is 1.89. The minimum Gasteiger partial charge on any atom is -0.476 e. The van der Waals surface area contributed by atoms with Crippen molar-refractivity contribution in [2.24, 2.45) is 5.73 Å². The summed E-state index contributed by atoms with van der Waals surface area (Å²) in [5.74, 6) is -1.52. The molecule has 0 aliphatic rings. The quantitative estimate of drug-likeness (QED) is 0.604. The van der Waals surface area contributed by atoms with Crippen LogP contribution in [0, 0.1) is 0 Å². The summed E-state index contributed by atoms with van der Waals surface area (Å²) in [6, 6.07) is 0. The Kier molecular flexibility index (Phi) is 3.95. The molecule has 1 amide bonds. The summed E-state index contributed by atoms with van der Waals surface area (Å²) in [4.78, 5) is 22.8. The number of carboxylic acids is 1. The molecule has 1 aromatic rings. The fourth-order valence-corrected chi connectivity index (χ4v) is 1.12. The number of carboxylic acid groups (broad SMARTS) is 1. The third-order valence-electron chi connectivity index (χ3n) is 1.89. The molecule has 0 spiro atoms. The van der Waals surface area contributed by atoms with E-state index in [-0.39, 0.29) is 12.2 Å². The van der Waals surface area contributed by atoms with Gasteiger partial charge in [0.15, 0.2) is 5.69 Å². The van der Waals surface area contributed by atoms with Gasteiger partial charge in [-0.05, 0) is 7.05 Å². The Morgan fingerprint density at radius 2 is 2.31 bits per heavy atom. The highest BCUT2D eigenvalue weighted by molar-refractivity contribution is 5.84. The topological polar surface area (TPSA) is 114 Å². The lowest BCUT2D eigenvalue weighted by Gasteiger charge is -2.13. The van der Waals surface area contributed by atoms with Crippen molar-refractivity contribution >= 4 is 11.9 Å². The molecule has 1 rings (SSSR count). The molecule has 1 heterocycles. The van der Waals surface area contributed by atoms with Crippen LogP contribution in [0.15, 0.2) is 6.20 Å². The maximum atomic E-state index is 10.6. The maximum Gasteiger partial charge on any atom is 0.358 e. The molecule has 0 bridgehead atoms. The molecule has 3 N–H and O–H groups in total. The van der Waals surface area contributed by atoms with Gasteiger partial charge in [-0.2, -0.15) is 0 Å². The number of hydrogen-bond acceptors (Lipinski definition) is 5. The molecule has 0 aromatic carbocycles. The predicted octanol–water partition coefficient (Wildman–Crippen LogP) is -1.61. The van der Waals surface area contributed by atoms with E-state index in [1.165, 1.54) is 10.9 Å². The van der Waals surface area contributed by atoms with Crippen LogP contribution in [-0.4, -0.2) is 57.0 Å². The zero-order chi connectivity index (χ0) is 12.1. The Labute approximate surface area is 91.6 Å². The summed E-state index contributed by atoms with van der Waals surface area (Å²) in [5, 5.41) is 15.7. The van der Waals surface area contributed by atoms with E-state index in [9.17, 15) is 9.59 Å². The molecule has 0 unspecified atom stereocenters. The van der Waals surface area contributed by atoms with Crippen LogP contribution in [0.5, 0.6) is 0 Å². The number of amides is 1. The second kappa shape index (κ2) is 5.21. The molecule has 0 aliphatic carbocycles. The molecule has 0 fully saturated rings. The number of aromatic carboxylic acids is 1. The Bertz CT molecular complexity index is 389. The van der Waals surface area contributed by atoms with Crippen LogP contribution in [0.4, 0.5) is 0 Å². The van der Waals surface area contributed by atoms with Gasteiger partial charge in [-0.1, -0.05) is 5.21 Å². The summed E-state index contributed by atoms with van der Waals surface area (Å²) >= 11 is 0. The van der Waals surface area contributed by atoms with Crippen molar-refractivity contribution in [3.63, 3.8) is 0 Å². The van der Waals surface area contributed by atoms with E-state index in [2.05, 4.69) is 10.3 Å². The highest BCUT2D eigenvalue weighted by atomic mass is 16.4. The van der Waals surface area contributed by atoms with Gasteiger partial charge in [0.1, 0.15) is 0 Å². The molecule has 0 saturated carbocycles. The number of nitrogens with zero attached hydrogens (tertiary/aromatic N) is 4. The molecular formula is C8H13N5O3. The van der Waals surface area contributed by atoms with Crippen LogP contribution in [0.1, 0.15) is 10.5 Å². The molecule has 0 radical (unpaired) electrons. The zero-order valence-corrected chi connectivity index (χ0v) is 8.83. The van der Waals surface area contributed by atoms with Gasteiger partial charge in [0.05, 0.1) is 19.3 Å². The summed E-state index contributed by atoms with van der Waals surface area (Å²) in [5.41, 5.74) is 4.91. The third kappa shape index (κ3) is 3.65. The second-order valence-corrected chi connectivity index (χ2v) is 3.38. The zero-order valence-electron chi connectivity index (χ0n) is 8.83. The number of likely N-dealkylation sites (N-methyl/N-ethyl adjacent to an activating group) is 1. The van der Waals surface area contributed by atoms with Crippen molar-refractivity contribution in [2.75, 3.05) is 20.1 Å². The number of rotatable bonds is 6. The summed E-state index contributed by atoms with van der Waals surface area (Å²) in [7, 11) is 1.74. The normalized spacial score (nSPS) is 10.6. The molecule has 8 nitrogen and oxygen atoms in total. The summed E-state index contributed by atoms with van der Waals surface area (Å²) in [6.07, 6.45) is 1.33. The largest absolute Gasteiger partial charge is 0.476 e. The first-order valence-electron chi connectivity index (χ1n) is 4.59. The van der Waals surface area contributed by atoms with Gasteiger partial charge >= 0.3 is 5.97 Å². The first-order valence-corrected chi connectivity index (χ1v) is 4.59. The number of carbonyl (C=O) groups excluding carboxylic acids is 1. The molecule has 88 valence electrons. The number of hydrogen-bond donors (Lipinski definition) is 2. The van der Waals surface area contributed by atoms with E-state index in [1.54, 1.807) is 11.9 Å². The van der Waals surface area contributed by atoms with Crippen molar-refractivity contribution in [2.45, 2.75) is 6.54 Å². The predicted molar refractivity (Wildman–Crippen MR) is 53.7 cm³/mol. The minimum absolute atomic E-state index is 0.0995. The molecule has 8 heteroatoms. The fourth-order valence-electron chi connectivity index (χ4n) is 1.12. The van der Waals surface area contributed by atoms with Gasteiger partial charge in [-0.15, -0.1) is 5.10 Å². The fraction of sp³-hybridized carbons (Fsp3) is 0.500. The lowest BCUT2D eigenvalue weighted by molar-refractivity contribution is -0.118. The standard InChI is InChI=1S/C8H13N5O3/c1-12(5-7(9)14)2-3-13-4-6(8(15)16)10-11-13/h4H,2-3,5H2,1H3,(H2,9,14)(H,15,16). The lowest BCUT2D eigenvalue weighted by Crippen LogP contribution is -2.32. The smallest absolute Gasteiger partial charge is 0.358 e. The monoisotopic (exact) mass is 227 g/mol. The molecule has 16 heavy (non-hydrogen) atoms. The van der Waals surface area contributed by atoms with Gasteiger partial charge in [-0.25, -0.2) is 4.79 Å². The van der Waals surface area contributed by atoms with E-state index in [4.69, 9.17) is 10.8 Å². The summed E-state index contributed by atoms with van der Waals surface area (Å²) in [6.45, 7) is 1.13. The van der Waals surface area contributed by atoms with Crippen LogP contribution in [0.25, 0.3) is 0 Å². The first kappa shape index (κ1) is 12.1. The molecule has 0 saturated heterocycles. The van der Waals surface area contributed by atoms with Crippen LogP contribution in [-0.2, 0) is 11.3 Å². The van der Waals surface area contributed by atoms with Crippen LogP contribution < -0.4 is 5.73 Å². The van der Waals surface area contributed by atoms with Crippen LogP contribution >= 0.6 is 0 Å². The average molecular weight is 227 g/mol. The van der Waals surface area contributed by atoms with Crippen molar-refractivity contribution in [3.05, 3.63) is 11.9 Å². The van der Waals surface area contributed by atoms with Gasteiger partial charge in [0.2, 0.25) is 5.91 Å². The Hall–Kier alpha value is -1.96. The molecular weight excluding hydrogens is 214 g/mol. The van der Waals surface area contributed by atoms with Crippen molar-refractivity contribution in [1.29, 1.82) is 0 Å². The SMILES string of the molecule is CN(CCn1cc(C(=O)O)nn1)CC(N)=O. The van der Waals surface area contributed by atoms with Crippen LogP contribution in [0.2, 0.25) is 0 Å². The van der Waals surface area contributed by atoms with Gasteiger partial charge in [-0.3, -0.25) is 14.4 Å². The van der Waals surface area contributed by atoms with E-state index in [0.29, 0.717) is 13.1 Å². The average Bonchev–Trinajstić information content (AvgIpc) is 2.61. The number of primary amides is 1. The Morgan fingerprint density at radius 1 is 1.62 bits per heavy atom. The molecule has 0 atom stereocenters. The van der Waals surface area contributed by atoms with E-state index >= 15 is 0 Å². The highest BCUT2D eigenvalue weighted by Crippen LogP contribution is 1.93. The van der Waals surface area contributed by atoms with Crippen molar-refractivity contribution in [3.8, 4) is 0 Å². The maximum absolute atomic E-state index is 10.6. The Balaban J connectivity index is 2.42. The molecule has 1 aromatic heterocycles. The van der Waals surface area contributed by atoms with Gasteiger partial charge in [0, 0.05) is 6.54 Å². The minimum atomic E-state index is -1.11. The number of aromatic nitrogens is 3. The van der Waals surface area contributed by atoms with E-state index in [0.717, 1.165) is 0 Å². The lowest BCUT2D eigenvalue weighted by atomic mass is 10.4. The van der Waals surface area contributed by atoms with Gasteiger partial charge < -0.3 is 10.8 Å².